The van der Waals surface area contributed by atoms with Crippen LogP contribution in [0.3, 0.4) is 0 Å². The average Bonchev–Trinajstić information content (AvgIpc) is 2.77. The summed E-state index contributed by atoms with van der Waals surface area (Å²) in [5.74, 6) is 0. The van der Waals surface area contributed by atoms with Crippen molar-refractivity contribution in [1.82, 2.24) is 15.2 Å². The lowest BCUT2D eigenvalue weighted by Gasteiger charge is -2.45. The number of H-pyrrole nitrogens is 1. The molecular formula is C13H21N3O. The van der Waals surface area contributed by atoms with Crippen molar-refractivity contribution in [2.75, 3.05) is 39.9 Å². The van der Waals surface area contributed by atoms with E-state index in [-0.39, 0.29) is 5.41 Å². The molecule has 1 unspecified atom stereocenters. The number of aromatic nitrogens is 1. The summed E-state index contributed by atoms with van der Waals surface area (Å²) < 4.78 is 5.47. The number of rotatable bonds is 3. The first-order valence-electron chi connectivity index (χ1n) is 6.42. The molecule has 1 atom stereocenters. The highest BCUT2D eigenvalue weighted by atomic mass is 16.5. The van der Waals surface area contributed by atoms with Crippen LogP contribution in [0.15, 0.2) is 18.3 Å². The minimum Gasteiger partial charge on any atom is -0.379 e. The Morgan fingerprint density at radius 1 is 1.53 bits per heavy atom. The van der Waals surface area contributed by atoms with E-state index in [1.165, 1.54) is 5.69 Å². The monoisotopic (exact) mass is 235 g/mol. The van der Waals surface area contributed by atoms with Crippen molar-refractivity contribution in [3.8, 4) is 0 Å². The molecule has 2 aliphatic heterocycles. The molecule has 1 aromatic heterocycles. The average molecular weight is 235 g/mol. The molecule has 17 heavy (non-hydrogen) atoms. The maximum atomic E-state index is 5.47. The van der Waals surface area contributed by atoms with Crippen molar-refractivity contribution in [3.63, 3.8) is 0 Å². The molecule has 0 amide bonds. The molecule has 3 heterocycles. The van der Waals surface area contributed by atoms with E-state index in [1.807, 2.05) is 6.20 Å². The van der Waals surface area contributed by atoms with Crippen LogP contribution in [0.5, 0.6) is 0 Å². The van der Waals surface area contributed by atoms with E-state index < -0.39 is 0 Å². The number of nitrogens with one attached hydrogen (secondary N) is 2. The number of hydrogen-bond donors (Lipinski definition) is 2. The molecule has 2 N–H and O–H groups in total. The first-order chi connectivity index (χ1) is 8.28. The molecule has 3 rings (SSSR count). The van der Waals surface area contributed by atoms with Crippen molar-refractivity contribution >= 4 is 0 Å². The van der Waals surface area contributed by atoms with Crippen LogP contribution in [0.2, 0.25) is 0 Å². The fraction of sp³-hybridized carbons (Fsp3) is 0.692. The van der Waals surface area contributed by atoms with Crippen LogP contribution in [0.4, 0.5) is 0 Å². The second-order valence-corrected chi connectivity index (χ2v) is 5.47. The van der Waals surface area contributed by atoms with Gasteiger partial charge in [0.2, 0.25) is 0 Å². The first-order valence-corrected chi connectivity index (χ1v) is 6.42. The fourth-order valence-corrected chi connectivity index (χ4v) is 2.99. The van der Waals surface area contributed by atoms with Crippen molar-refractivity contribution in [3.05, 3.63) is 24.0 Å². The molecular weight excluding hydrogens is 214 g/mol. The Morgan fingerprint density at radius 2 is 2.41 bits per heavy atom. The predicted octanol–water partition coefficient (Wildman–Crippen LogP) is 0.576. The summed E-state index contributed by atoms with van der Waals surface area (Å²) >= 11 is 0. The van der Waals surface area contributed by atoms with Gasteiger partial charge in [-0.25, -0.2) is 0 Å². The molecule has 4 nitrogen and oxygen atoms in total. The molecule has 4 heteroatoms. The van der Waals surface area contributed by atoms with Gasteiger partial charge in [0.15, 0.2) is 0 Å². The smallest absolute Gasteiger partial charge is 0.0600 e. The molecule has 2 saturated heterocycles. The minimum atomic E-state index is 0.222. The third kappa shape index (κ3) is 2.12. The first kappa shape index (κ1) is 11.3. The highest BCUT2D eigenvalue weighted by Gasteiger charge is 2.43. The molecule has 0 spiro atoms. The predicted molar refractivity (Wildman–Crippen MR) is 67.2 cm³/mol. The Morgan fingerprint density at radius 3 is 3.00 bits per heavy atom. The number of piperazine rings is 1. The molecule has 0 aliphatic carbocycles. The Bertz CT molecular complexity index is 359. The van der Waals surface area contributed by atoms with Gasteiger partial charge in [-0.15, -0.1) is 0 Å². The molecule has 0 radical (unpaired) electrons. The minimum absolute atomic E-state index is 0.222. The van der Waals surface area contributed by atoms with Crippen molar-refractivity contribution in [1.29, 1.82) is 0 Å². The Balaban J connectivity index is 1.70. The van der Waals surface area contributed by atoms with E-state index in [4.69, 9.17) is 4.74 Å². The highest BCUT2D eigenvalue weighted by Crippen LogP contribution is 2.36. The quantitative estimate of drug-likeness (QED) is 0.805. The molecule has 0 bridgehead atoms. The summed E-state index contributed by atoms with van der Waals surface area (Å²) in [5, 5.41) is 3.62. The summed E-state index contributed by atoms with van der Waals surface area (Å²) in [7, 11) is 2.20. The Labute approximate surface area is 102 Å². The van der Waals surface area contributed by atoms with E-state index in [2.05, 4.69) is 34.4 Å². The van der Waals surface area contributed by atoms with E-state index in [0.717, 1.165) is 39.3 Å². The van der Waals surface area contributed by atoms with Gasteiger partial charge >= 0.3 is 0 Å². The third-order valence-corrected chi connectivity index (χ3v) is 4.02. The van der Waals surface area contributed by atoms with E-state index in [0.29, 0.717) is 6.04 Å². The van der Waals surface area contributed by atoms with Gasteiger partial charge < -0.3 is 19.9 Å². The fourth-order valence-electron chi connectivity index (χ4n) is 2.99. The maximum absolute atomic E-state index is 5.47. The molecule has 0 aromatic carbocycles. The van der Waals surface area contributed by atoms with Gasteiger partial charge in [-0.2, -0.15) is 0 Å². The lowest BCUT2D eigenvalue weighted by atomic mass is 9.76. The van der Waals surface area contributed by atoms with Crippen LogP contribution in [-0.4, -0.2) is 55.8 Å². The summed E-state index contributed by atoms with van der Waals surface area (Å²) in [6.07, 6.45) is 3.17. The van der Waals surface area contributed by atoms with Crippen molar-refractivity contribution < 1.29 is 4.74 Å². The SMILES string of the molecule is CN1CCNC(CC2(c3ccc[nH]3)COC2)C1. The lowest BCUT2D eigenvalue weighted by Crippen LogP contribution is -2.56. The van der Waals surface area contributed by atoms with Crippen LogP contribution in [-0.2, 0) is 10.2 Å². The summed E-state index contributed by atoms with van der Waals surface area (Å²) in [6, 6.07) is 4.85. The zero-order valence-corrected chi connectivity index (χ0v) is 10.4. The lowest BCUT2D eigenvalue weighted by molar-refractivity contribution is -0.0725. The number of ether oxygens (including phenoxy) is 1. The van der Waals surface area contributed by atoms with Crippen LogP contribution in [0.25, 0.3) is 0 Å². The van der Waals surface area contributed by atoms with Gasteiger partial charge in [0.1, 0.15) is 0 Å². The molecule has 2 fully saturated rings. The Hall–Kier alpha value is -0.840. The molecule has 94 valence electrons. The van der Waals surface area contributed by atoms with Crippen LogP contribution >= 0.6 is 0 Å². The standard InChI is InChI=1S/C13H21N3O/c1-16-6-5-14-11(8-16)7-13(9-17-10-13)12-3-2-4-15-12/h2-4,11,14-15H,5-10H2,1H3. The number of nitrogens with zero attached hydrogens (tertiary/aromatic N) is 1. The number of hydrogen-bond acceptors (Lipinski definition) is 3. The maximum Gasteiger partial charge on any atom is 0.0600 e. The molecule has 0 saturated carbocycles. The van der Waals surface area contributed by atoms with Crippen molar-refractivity contribution in [2.24, 2.45) is 0 Å². The van der Waals surface area contributed by atoms with Gasteiger partial charge in [0.05, 0.1) is 18.6 Å². The molecule has 1 aromatic rings. The topological polar surface area (TPSA) is 40.3 Å². The van der Waals surface area contributed by atoms with Crippen LogP contribution < -0.4 is 5.32 Å². The third-order valence-electron chi connectivity index (χ3n) is 4.02. The van der Waals surface area contributed by atoms with Crippen LogP contribution in [0, 0.1) is 0 Å². The second kappa shape index (κ2) is 4.44. The zero-order chi connectivity index (χ0) is 11.7. The second-order valence-electron chi connectivity index (χ2n) is 5.47. The normalized spacial score (nSPS) is 28.9. The van der Waals surface area contributed by atoms with Crippen LogP contribution in [0.1, 0.15) is 12.1 Å². The van der Waals surface area contributed by atoms with Gasteiger partial charge in [0, 0.05) is 37.6 Å². The number of aromatic amines is 1. The molecule has 2 aliphatic rings. The van der Waals surface area contributed by atoms with Gasteiger partial charge in [0.25, 0.3) is 0 Å². The summed E-state index contributed by atoms with van der Waals surface area (Å²) in [5.41, 5.74) is 1.55. The van der Waals surface area contributed by atoms with Crippen molar-refractivity contribution in [2.45, 2.75) is 17.9 Å². The van der Waals surface area contributed by atoms with Gasteiger partial charge in [-0.1, -0.05) is 0 Å². The largest absolute Gasteiger partial charge is 0.379 e. The highest BCUT2D eigenvalue weighted by molar-refractivity contribution is 5.21. The van der Waals surface area contributed by atoms with Gasteiger partial charge in [-0.05, 0) is 25.6 Å². The summed E-state index contributed by atoms with van der Waals surface area (Å²) in [4.78, 5) is 5.77. The van der Waals surface area contributed by atoms with Gasteiger partial charge in [-0.3, -0.25) is 0 Å². The summed E-state index contributed by atoms with van der Waals surface area (Å²) in [6.45, 7) is 5.11. The number of likely N-dealkylation sites (N-methyl/N-ethyl adjacent to an activating group) is 1. The zero-order valence-electron chi connectivity index (χ0n) is 10.4. The Kier molecular flexibility index (Phi) is 2.94. The van der Waals surface area contributed by atoms with E-state index in [1.54, 1.807) is 0 Å². The van der Waals surface area contributed by atoms with E-state index in [9.17, 15) is 0 Å². The van der Waals surface area contributed by atoms with E-state index >= 15 is 0 Å².